The van der Waals surface area contributed by atoms with Gasteiger partial charge in [0.05, 0.1) is 10.9 Å². The second kappa shape index (κ2) is 10.5. The van der Waals surface area contributed by atoms with Crippen LogP contribution in [-0.4, -0.2) is 20.8 Å². The second-order valence-electron chi connectivity index (χ2n) is 11.0. The van der Waals surface area contributed by atoms with Crippen LogP contribution in [0.1, 0.15) is 75.2 Å². The lowest BCUT2D eigenvalue weighted by atomic mass is 9.78. The van der Waals surface area contributed by atoms with Crippen LogP contribution in [0.2, 0.25) is 0 Å². The van der Waals surface area contributed by atoms with Crippen molar-refractivity contribution < 1.29 is 9.59 Å². The van der Waals surface area contributed by atoms with Crippen LogP contribution < -0.4 is 16.6 Å². The molecule has 1 N–H and O–H groups in total. The van der Waals surface area contributed by atoms with Crippen LogP contribution in [0.5, 0.6) is 0 Å². The van der Waals surface area contributed by atoms with E-state index in [4.69, 9.17) is 0 Å². The van der Waals surface area contributed by atoms with Gasteiger partial charge in [0, 0.05) is 36.2 Å². The van der Waals surface area contributed by atoms with E-state index in [-0.39, 0.29) is 40.8 Å². The molecule has 1 aromatic heterocycles. The molecule has 0 saturated heterocycles. The number of carbonyl (C=O) groups excluding carboxylic acids is 2. The standard InChI is InChI=1S/C30H35N3O4/c1-19(2)33-26-14-13-24(17-25(26)29(36)32(30(33)37)18-20-11-12-20)31-28(35)23-10-6-7-21(15-23)16-27(34)22-8-4-3-5-9-22/h3-5,8-9,13-14,17,19-21,23H,6-7,10-12,15-16,18H2,1-2H3,(H,31,35). The van der Waals surface area contributed by atoms with Gasteiger partial charge >= 0.3 is 5.69 Å². The third-order valence-electron chi connectivity index (χ3n) is 7.81. The van der Waals surface area contributed by atoms with Crippen LogP contribution in [-0.2, 0) is 11.3 Å². The fourth-order valence-electron chi connectivity index (χ4n) is 5.64. The topological polar surface area (TPSA) is 90.2 Å². The first-order valence-electron chi connectivity index (χ1n) is 13.5. The summed E-state index contributed by atoms with van der Waals surface area (Å²) < 4.78 is 3.03. The minimum Gasteiger partial charge on any atom is -0.326 e. The summed E-state index contributed by atoms with van der Waals surface area (Å²) in [7, 11) is 0. The molecule has 2 saturated carbocycles. The average molecular weight is 502 g/mol. The van der Waals surface area contributed by atoms with Gasteiger partial charge in [-0.05, 0) is 76.0 Å². The number of nitrogens with zero attached hydrogens (tertiary/aromatic N) is 2. The van der Waals surface area contributed by atoms with Crippen LogP contribution in [0.25, 0.3) is 10.9 Å². The predicted molar refractivity (Wildman–Crippen MR) is 145 cm³/mol. The number of nitrogens with one attached hydrogen (secondary N) is 1. The second-order valence-corrected chi connectivity index (χ2v) is 11.0. The highest BCUT2D eigenvalue weighted by molar-refractivity contribution is 5.97. The lowest BCUT2D eigenvalue weighted by molar-refractivity contribution is -0.121. The molecule has 0 aliphatic heterocycles. The summed E-state index contributed by atoms with van der Waals surface area (Å²) in [6.07, 6.45) is 5.87. The van der Waals surface area contributed by atoms with Crippen molar-refractivity contribution in [1.29, 1.82) is 0 Å². The van der Waals surface area contributed by atoms with Gasteiger partial charge in [0.2, 0.25) is 5.91 Å². The summed E-state index contributed by atoms with van der Waals surface area (Å²) in [5.74, 6) is 0.448. The molecule has 2 atom stereocenters. The Labute approximate surface area is 216 Å². The number of hydrogen-bond donors (Lipinski definition) is 1. The molecular weight excluding hydrogens is 466 g/mol. The summed E-state index contributed by atoms with van der Waals surface area (Å²) in [5, 5.41) is 3.46. The van der Waals surface area contributed by atoms with Crippen molar-refractivity contribution in [2.75, 3.05) is 5.32 Å². The molecule has 5 rings (SSSR count). The van der Waals surface area contributed by atoms with Crippen LogP contribution in [0.4, 0.5) is 5.69 Å². The van der Waals surface area contributed by atoms with E-state index in [1.54, 1.807) is 22.8 Å². The Morgan fingerprint density at radius 2 is 1.73 bits per heavy atom. The Kier molecular flexibility index (Phi) is 7.13. The molecule has 2 aliphatic carbocycles. The number of fused-ring (bicyclic) bond motifs is 1. The summed E-state index contributed by atoms with van der Waals surface area (Å²) in [4.78, 5) is 52.3. The number of amides is 1. The number of hydrogen-bond acceptors (Lipinski definition) is 4. The van der Waals surface area contributed by atoms with E-state index in [1.165, 1.54) is 4.57 Å². The highest BCUT2D eigenvalue weighted by Gasteiger charge is 2.29. The average Bonchev–Trinajstić information content (AvgIpc) is 3.72. The van der Waals surface area contributed by atoms with E-state index >= 15 is 0 Å². The van der Waals surface area contributed by atoms with Gasteiger partial charge in [-0.25, -0.2) is 4.79 Å². The van der Waals surface area contributed by atoms with E-state index in [0.29, 0.717) is 41.9 Å². The third kappa shape index (κ3) is 5.45. The maximum atomic E-state index is 13.3. The van der Waals surface area contributed by atoms with Crippen molar-refractivity contribution in [3.63, 3.8) is 0 Å². The van der Waals surface area contributed by atoms with Crippen molar-refractivity contribution in [1.82, 2.24) is 9.13 Å². The highest BCUT2D eigenvalue weighted by atomic mass is 16.2. The quantitative estimate of drug-likeness (QED) is 0.431. The lowest BCUT2D eigenvalue weighted by Gasteiger charge is -2.28. The molecule has 194 valence electrons. The molecule has 2 fully saturated rings. The summed E-state index contributed by atoms with van der Waals surface area (Å²) in [6, 6.07) is 14.5. The fraction of sp³-hybridized carbons (Fsp3) is 0.467. The van der Waals surface area contributed by atoms with E-state index in [9.17, 15) is 19.2 Å². The Balaban J connectivity index is 1.34. The van der Waals surface area contributed by atoms with E-state index in [0.717, 1.165) is 37.7 Å². The van der Waals surface area contributed by atoms with Gasteiger partial charge in [0.15, 0.2) is 5.78 Å². The van der Waals surface area contributed by atoms with Gasteiger partial charge in [0.25, 0.3) is 5.56 Å². The van der Waals surface area contributed by atoms with Gasteiger partial charge in [-0.3, -0.25) is 23.5 Å². The minimum atomic E-state index is -0.294. The monoisotopic (exact) mass is 501 g/mol. The van der Waals surface area contributed by atoms with Crippen LogP contribution >= 0.6 is 0 Å². The predicted octanol–water partition coefficient (Wildman–Crippen LogP) is 5.17. The van der Waals surface area contributed by atoms with E-state index in [2.05, 4.69) is 5.32 Å². The number of rotatable bonds is 8. The maximum absolute atomic E-state index is 13.3. The van der Waals surface area contributed by atoms with Gasteiger partial charge in [-0.15, -0.1) is 0 Å². The fourth-order valence-corrected chi connectivity index (χ4v) is 5.64. The molecule has 0 spiro atoms. The van der Waals surface area contributed by atoms with Crippen LogP contribution in [0, 0.1) is 17.8 Å². The Hall–Kier alpha value is -3.48. The first-order valence-corrected chi connectivity index (χ1v) is 13.5. The molecule has 2 aromatic carbocycles. The molecule has 0 radical (unpaired) electrons. The molecule has 7 nitrogen and oxygen atoms in total. The van der Waals surface area contributed by atoms with Crippen molar-refractivity contribution in [2.45, 2.75) is 71.4 Å². The number of benzene rings is 2. The largest absolute Gasteiger partial charge is 0.331 e. The van der Waals surface area contributed by atoms with Crippen molar-refractivity contribution in [3.8, 4) is 0 Å². The molecule has 2 aliphatic rings. The molecule has 3 aromatic rings. The van der Waals surface area contributed by atoms with Crippen LogP contribution in [0.3, 0.4) is 0 Å². The lowest BCUT2D eigenvalue weighted by Crippen LogP contribution is -2.41. The van der Waals surface area contributed by atoms with Gasteiger partial charge in [0.1, 0.15) is 0 Å². The molecule has 1 heterocycles. The van der Waals surface area contributed by atoms with E-state index < -0.39 is 0 Å². The summed E-state index contributed by atoms with van der Waals surface area (Å²) in [5.41, 5.74) is 1.31. The van der Waals surface area contributed by atoms with Crippen LogP contribution in [0.15, 0.2) is 58.1 Å². The smallest absolute Gasteiger partial charge is 0.326 e. The number of carbonyl (C=O) groups is 2. The van der Waals surface area contributed by atoms with Crippen molar-refractivity contribution in [3.05, 3.63) is 74.9 Å². The van der Waals surface area contributed by atoms with Crippen molar-refractivity contribution in [2.24, 2.45) is 17.8 Å². The number of Topliss-reactive ketones (excluding diaryl/α,β-unsaturated/α-hetero) is 1. The molecular formula is C30H35N3O4. The zero-order chi connectivity index (χ0) is 26.1. The summed E-state index contributed by atoms with van der Waals surface area (Å²) >= 11 is 0. The van der Waals surface area contributed by atoms with Crippen molar-refractivity contribution >= 4 is 28.3 Å². The van der Waals surface area contributed by atoms with Gasteiger partial charge in [-0.1, -0.05) is 36.8 Å². The molecule has 0 bridgehead atoms. The Morgan fingerprint density at radius 3 is 2.43 bits per heavy atom. The zero-order valence-corrected chi connectivity index (χ0v) is 21.6. The molecule has 7 heteroatoms. The Morgan fingerprint density at radius 1 is 0.973 bits per heavy atom. The first kappa shape index (κ1) is 25.2. The molecule has 1 amide bonds. The SMILES string of the molecule is CC(C)n1c(=O)n(CC2CC2)c(=O)c2cc(NC(=O)C3CCCC(CC(=O)c4ccccc4)C3)ccc21. The van der Waals surface area contributed by atoms with E-state index in [1.807, 2.05) is 44.2 Å². The number of aromatic nitrogens is 2. The first-order chi connectivity index (χ1) is 17.8. The molecule has 2 unspecified atom stereocenters. The third-order valence-corrected chi connectivity index (χ3v) is 7.81. The molecule has 37 heavy (non-hydrogen) atoms. The van der Waals surface area contributed by atoms with Gasteiger partial charge < -0.3 is 5.32 Å². The zero-order valence-electron chi connectivity index (χ0n) is 21.6. The summed E-state index contributed by atoms with van der Waals surface area (Å²) in [6.45, 7) is 4.32. The maximum Gasteiger partial charge on any atom is 0.331 e. The normalized spacial score (nSPS) is 19.8. The number of anilines is 1. The highest BCUT2D eigenvalue weighted by Crippen LogP contribution is 2.33. The minimum absolute atomic E-state index is 0.0771. The number of ketones is 1. The van der Waals surface area contributed by atoms with Gasteiger partial charge in [-0.2, -0.15) is 0 Å². The Bertz CT molecular complexity index is 1430.